The highest BCUT2D eigenvalue weighted by molar-refractivity contribution is 6.05. The van der Waals surface area contributed by atoms with E-state index in [2.05, 4.69) is 12.1 Å². The summed E-state index contributed by atoms with van der Waals surface area (Å²) >= 11 is 0. The van der Waals surface area contributed by atoms with E-state index >= 15 is 0 Å². The van der Waals surface area contributed by atoms with Crippen LogP contribution in [0.5, 0.6) is 0 Å². The summed E-state index contributed by atoms with van der Waals surface area (Å²) in [7, 11) is 0. The number of hydrogen-bond acceptors (Lipinski definition) is 2. The van der Waals surface area contributed by atoms with Gasteiger partial charge >= 0.3 is 5.97 Å². The van der Waals surface area contributed by atoms with Crippen LogP contribution in [-0.2, 0) is 9.59 Å². The normalized spacial score (nSPS) is 27.4. The summed E-state index contributed by atoms with van der Waals surface area (Å²) in [6.45, 7) is 2.69. The molecule has 0 radical (unpaired) electrons. The summed E-state index contributed by atoms with van der Waals surface area (Å²) in [6.07, 6.45) is 1.88. The van der Waals surface area contributed by atoms with Crippen molar-refractivity contribution in [1.29, 1.82) is 0 Å². The Morgan fingerprint density at radius 2 is 1.90 bits per heavy atom. The molecule has 2 aliphatic rings. The van der Waals surface area contributed by atoms with Crippen LogP contribution in [0.4, 0.5) is 0 Å². The van der Waals surface area contributed by atoms with E-state index in [1.54, 1.807) is 4.90 Å². The second kappa shape index (κ2) is 4.62. The second-order valence-corrected chi connectivity index (χ2v) is 5.93. The second-order valence-electron chi connectivity index (χ2n) is 5.93. The molecule has 1 heterocycles. The van der Waals surface area contributed by atoms with Crippen molar-refractivity contribution in [2.24, 2.45) is 5.41 Å². The van der Waals surface area contributed by atoms with Gasteiger partial charge in [0.25, 0.3) is 0 Å². The lowest BCUT2D eigenvalue weighted by atomic mass is 9.92. The van der Waals surface area contributed by atoms with Crippen molar-refractivity contribution in [1.82, 2.24) is 4.90 Å². The molecule has 1 aliphatic carbocycles. The number of hydrogen-bond donors (Lipinski definition) is 1. The van der Waals surface area contributed by atoms with Crippen LogP contribution < -0.4 is 0 Å². The van der Waals surface area contributed by atoms with Crippen LogP contribution in [0.3, 0.4) is 0 Å². The summed E-state index contributed by atoms with van der Waals surface area (Å²) in [5, 5.41) is 9.26. The number of carbonyl (C=O) groups is 2. The third-order valence-electron chi connectivity index (χ3n) is 4.81. The number of amides is 1. The van der Waals surface area contributed by atoms with E-state index in [-0.39, 0.29) is 11.9 Å². The third kappa shape index (κ3) is 1.90. The van der Waals surface area contributed by atoms with Gasteiger partial charge in [-0.1, -0.05) is 30.3 Å². The van der Waals surface area contributed by atoms with Crippen LogP contribution in [0.25, 0.3) is 0 Å². The largest absolute Gasteiger partial charge is 0.480 e. The van der Waals surface area contributed by atoms with Gasteiger partial charge in [-0.25, -0.2) is 0 Å². The fraction of sp³-hybridized carbons (Fsp3) is 0.500. The topological polar surface area (TPSA) is 57.6 Å². The van der Waals surface area contributed by atoms with Gasteiger partial charge in [0.05, 0.1) is 0 Å². The molecule has 1 saturated heterocycles. The molecule has 4 nitrogen and oxygen atoms in total. The SMILES string of the molecule is C[C@@H]1[C@H](c2ccccc2)CCN1C(=O)C1(C(=O)O)CC1. The quantitative estimate of drug-likeness (QED) is 0.859. The van der Waals surface area contributed by atoms with Crippen LogP contribution >= 0.6 is 0 Å². The lowest BCUT2D eigenvalue weighted by molar-refractivity contribution is -0.153. The molecule has 1 saturated carbocycles. The Kier molecular flexibility index (Phi) is 3.04. The summed E-state index contributed by atoms with van der Waals surface area (Å²) < 4.78 is 0. The molecule has 0 bridgehead atoms. The summed E-state index contributed by atoms with van der Waals surface area (Å²) in [6, 6.07) is 10.2. The number of benzene rings is 1. The van der Waals surface area contributed by atoms with Gasteiger partial charge in [-0.05, 0) is 31.7 Å². The monoisotopic (exact) mass is 273 g/mol. The van der Waals surface area contributed by atoms with E-state index in [0.29, 0.717) is 25.3 Å². The molecule has 1 aliphatic heterocycles. The standard InChI is InChI=1S/C16H19NO3/c1-11-13(12-5-3-2-4-6-12)7-10-17(11)14(18)16(8-9-16)15(19)20/h2-6,11,13H,7-10H2,1H3,(H,19,20)/t11-,13-/m1/s1. The van der Waals surface area contributed by atoms with Crippen LogP contribution in [0.2, 0.25) is 0 Å². The molecule has 1 aromatic rings. The van der Waals surface area contributed by atoms with Crippen LogP contribution in [0, 0.1) is 5.41 Å². The molecule has 0 unspecified atom stereocenters. The average molecular weight is 273 g/mol. The lowest BCUT2D eigenvalue weighted by Gasteiger charge is -2.27. The number of nitrogens with zero attached hydrogens (tertiary/aromatic N) is 1. The maximum atomic E-state index is 12.5. The lowest BCUT2D eigenvalue weighted by Crippen LogP contribution is -2.43. The van der Waals surface area contributed by atoms with Gasteiger partial charge in [0.15, 0.2) is 0 Å². The van der Waals surface area contributed by atoms with Gasteiger partial charge in [-0.15, -0.1) is 0 Å². The number of carboxylic acids is 1. The van der Waals surface area contributed by atoms with E-state index in [0.717, 1.165) is 6.42 Å². The first kappa shape index (κ1) is 13.2. The first-order valence-corrected chi connectivity index (χ1v) is 7.16. The Balaban J connectivity index is 1.78. The first-order valence-electron chi connectivity index (χ1n) is 7.16. The Labute approximate surface area is 118 Å². The molecule has 20 heavy (non-hydrogen) atoms. The number of carboxylic acid groups (broad SMARTS) is 1. The van der Waals surface area contributed by atoms with Crippen molar-refractivity contribution < 1.29 is 14.7 Å². The van der Waals surface area contributed by atoms with Gasteiger partial charge in [-0.3, -0.25) is 9.59 Å². The van der Waals surface area contributed by atoms with E-state index < -0.39 is 11.4 Å². The number of likely N-dealkylation sites (tertiary alicyclic amines) is 1. The van der Waals surface area contributed by atoms with Gasteiger partial charge in [0.2, 0.25) is 5.91 Å². The number of aliphatic carboxylic acids is 1. The molecule has 0 spiro atoms. The molecule has 2 fully saturated rings. The summed E-state index contributed by atoms with van der Waals surface area (Å²) in [5.74, 6) is -0.835. The number of carbonyl (C=O) groups excluding carboxylic acids is 1. The molecule has 3 rings (SSSR count). The van der Waals surface area contributed by atoms with E-state index in [4.69, 9.17) is 0 Å². The molecule has 2 atom stereocenters. The minimum atomic E-state index is -1.11. The van der Waals surface area contributed by atoms with Crippen LogP contribution in [0.15, 0.2) is 30.3 Å². The molecule has 4 heteroatoms. The minimum absolute atomic E-state index is 0.0710. The maximum absolute atomic E-state index is 12.5. The highest BCUT2D eigenvalue weighted by Gasteiger charge is 2.59. The van der Waals surface area contributed by atoms with E-state index in [1.165, 1.54) is 5.56 Å². The zero-order valence-corrected chi connectivity index (χ0v) is 11.6. The van der Waals surface area contributed by atoms with Gasteiger partial charge in [0, 0.05) is 18.5 Å². The highest BCUT2D eigenvalue weighted by Crippen LogP contribution is 2.49. The Bertz CT molecular complexity index is 536. The van der Waals surface area contributed by atoms with Crippen molar-refractivity contribution in [3.63, 3.8) is 0 Å². The average Bonchev–Trinajstić information content (AvgIpc) is 3.18. The molecule has 0 aromatic heterocycles. The van der Waals surface area contributed by atoms with Crippen molar-refractivity contribution in [3.8, 4) is 0 Å². The van der Waals surface area contributed by atoms with Gasteiger partial charge in [0.1, 0.15) is 5.41 Å². The zero-order valence-electron chi connectivity index (χ0n) is 11.6. The Morgan fingerprint density at radius 1 is 1.25 bits per heavy atom. The summed E-state index contributed by atoms with van der Waals surface area (Å²) in [5.41, 5.74) is 0.121. The molecular formula is C16H19NO3. The minimum Gasteiger partial charge on any atom is -0.480 e. The van der Waals surface area contributed by atoms with Crippen LogP contribution in [0.1, 0.15) is 37.7 Å². The maximum Gasteiger partial charge on any atom is 0.319 e. The fourth-order valence-corrected chi connectivity index (χ4v) is 3.29. The predicted molar refractivity (Wildman–Crippen MR) is 74.3 cm³/mol. The molecule has 1 N–H and O–H groups in total. The summed E-state index contributed by atoms with van der Waals surface area (Å²) in [4.78, 5) is 25.6. The van der Waals surface area contributed by atoms with Crippen LogP contribution in [-0.4, -0.2) is 34.5 Å². The van der Waals surface area contributed by atoms with Crippen molar-refractivity contribution >= 4 is 11.9 Å². The zero-order chi connectivity index (χ0) is 14.3. The first-order chi connectivity index (χ1) is 9.56. The fourth-order valence-electron chi connectivity index (χ4n) is 3.29. The molecule has 1 amide bonds. The van der Waals surface area contributed by atoms with E-state index in [1.807, 2.05) is 25.1 Å². The molecule has 1 aromatic carbocycles. The third-order valence-corrected chi connectivity index (χ3v) is 4.81. The van der Waals surface area contributed by atoms with Crippen molar-refractivity contribution in [2.45, 2.75) is 38.1 Å². The van der Waals surface area contributed by atoms with Gasteiger partial charge < -0.3 is 10.0 Å². The molecular weight excluding hydrogens is 254 g/mol. The van der Waals surface area contributed by atoms with Gasteiger partial charge in [-0.2, -0.15) is 0 Å². The smallest absolute Gasteiger partial charge is 0.319 e. The Morgan fingerprint density at radius 3 is 2.45 bits per heavy atom. The highest BCUT2D eigenvalue weighted by atomic mass is 16.4. The Hall–Kier alpha value is -1.84. The predicted octanol–water partition coefficient (Wildman–Crippen LogP) is 2.26. The van der Waals surface area contributed by atoms with E-state index in [9.17, 15) is 14.7 Å². The number of rotatable bonds is 3. The van der Waals surface area contributed by atoms with Crippen molar-refractivity contribution in [3.05, 3.63) is 35.9 Å². The molecule has 106 valence electrons. The van der Waals surface area contributed by atoms with Crippen molar-refractivity contribution in [2.75, 3.05) is 6.54 Å².